The van der Waals surface area contributed by atoms with Gasteiger partial charge in [-0.25, -0.2) is 4.39 Å². The van der Waals surface area contributed by atoms with Crippen LogP contribution in [0.1, 0.15) is 11.5 Å². The van der Waals surface area contributed by atoms with E-state index in [1.807, 2.05) is 0 Å². The number of aromatic nitrogens is 4. The fourth-order valence-corrected chi connectivity index (χ4v) is 1.85. The van der Waals surface area contributed by atoms with Gasteiger partial charge < -0.3 is 19.2 Å². The summed E-state index contributed by atoms with van der Waals surface area (Å²) in [6, 6.07) is 4.64. The Morgan fingerprint density at radius 2 is 2.27 bits per heavy atom. The van der Waals surface area contributed by atoms with Crippen molar-refractivity contribution < 1.29 is 13.8 Å². The molecular weight excluding hydrogens is 293 g/mol. The molecule has 0 saturated carbocycles. The lowest BCUT2D eigenvalue weighted by molar-refractivity contribution is -0.389. The molecule has 0 spiro atoms. The molecule has 9 heteroatoms. The van der Waals surface area contributed by atoms with E-state index in [9.17, 15) is 14.5 Å². The third-order valence-corrected chi connectivity index (χ3v) is 3.02. The van der Waals surface area contributed by atoms with Gasteiger partial charge >= 0.3 is 5.82 Å². The van der Waals surface area contributed by atoms with Crippen LogP contribution in [0.2, 0.25) is 0 Å². The van der Waals surface area contributed by atoms with Gasteiger partial charge in [0.05, 0.1) is 0 Å². The predicted octanol–water partition coefficient (Wildman–Crippen LogP) is 2.34. The summed E-state index contributed by atoms with van der Waals surface area (Å²) in [4.78, 5) is 17.7. The maximum atomic E-state index is 13.5. The summed E-state index contributed by atoms with van der Waals surface area (Å²) < 4.78 is 20.0. The van der Waals surface area contributed by atoms with Crippen molar-refractivity contribution in [1.82, 2.24) is 19.7 Å². The van der Waals surface area contributed by atoms with E-state index >= 15 is 0 Å². The Hall–Kier alpha value is -3.10. The first-order chi connectivity index (χ1) is 10.5. The molecule has 0 saturated heterocycles. The Kier molecular flexibility index (Phi) is 3.37. The standard InChI is InChI=1S/C13H10FN5O3/c1-8-2-3-9(4-10(8)14)13-16-12(22-17-13)6-18-5-11(15-7-18)19(20)21/h2-5,7H,6H2,1H3. The van der Waals surface area contributed by atoms with Crippen LogP contribution in [-0.4, -0.2) is 24.6 Å². The molecule has 3 rings (SSSR count). The Bertz CT molecular complexity index is 842. The molecule has 0 radical (unpaired) electrons. The van der Waals surface area contributed by atoms with Gasteiger partial charge in [-0.2, -0.15) is 4.98 Å². The van der Waals surface area contributed by atoms with E-state index in [4.69, 9.17) is 4.52 Å². The van der Waals surface area contributed by atoms with Crippen LogP contribution in [0.3, 0.4) is 0 Å². The molecule has 0 bridgehead atoms. The Morgan fingerprint density at radius 1 is 1.45 bits per heavy atom. The summed E-state index contributed by atoms with van der Waals surface area (Å²) in [7, 11) is 0. The van der Waals surface area contributed by atoms with E-state index in [-0.39, 0.29) is 29.9 Å². The number of imidazole rings is 1. The van der Waals surface area contributed by atoms with Gasteiger partial charge in [0.2, 0.25) is 18.0 Å². The van der Waals surface area contributed by atoms with Crippen molar-refractivity contribution in [3.05, 3.63) is 58.1 Å². The lowest BCUT2D eigenvalue weighted by Crippen LogP contribution is -1.97. The monoisotopic (exact) mass is 303 g/mol. The highest BCUT2D eigenvalue weighted by Crippen LogP contribution is 2.19. The number of nitro groups is 1. The number of hydrogen-bond acceptors (Lipinski definition) is 6. The molecule has 0 fully saturated rings. The minimum absolute atomic E-state index is 0.141. The van der Waals surface area contributed by atoms with Crippen LogP contribution in [0.4, 0.5) is 10.2 Å². The summed E-state index contributed by atoms with van der Waals surface area (Å²) in [5.74, 6) is -0.124. The van der Waals surface area contributed by atoms with Gasteiger partial charge in [0.15, 0.2) is 0 Å². The second kappa shape index (κ2) is 5.35. The van der Waals surface area contributed by atoms with Crippen LogP contribution in [0.5, 0.6) is 0 Å². The molecular formula is C13H10FN5O3. The van der Waals surface area contributed by atoms with Crippen LogP contribution in [0, 0.1) is 22.9 Å². The number of nitrogens with zero attached hydrogens (tertiary/aromatic N) is 5. The van der Waals surface area contributed by atoms with Crippen molar-refractivity contribution in [3.63, 3.8) is 0 Å². The van der Waals surface area contributed by atoms with E-state index in [1.54, 1.807) is 19.1 Å². The van der Waals surface area contributed by atoms with Crippen molar-refractivity contribution >= 4 is 5.82 Å². The molecule has 0 atom stereocenters. The van der Waals surface area contributed by atoms with Gasteiger partial charge in [-0.05, 0) is 28.5 Å². The van der Waals surface area contributed by atoms with E-state index < -0.39 is 4.92 Å². The van der Waals surface area contributed by atoms with E-state index in [0.29, 0.717) is 11.1 Å². The zero-order chi connectivity index (χ0) is 15.7. The highest BCUT2D eigenvalue weighted by molar-refractivity contribution is 5.54. The van der Waals surface area contributed by atoms with Gasteiger partial charge in [0, 0.05) is 5.56 Å². The zero-order valence-corrected chi connectivity index (χ0v) is 11.4. The summed E-state index contributed by atoms with van der Waals surface area (Å²) in [5.41, 5.74) is 1.02. The Balaban J connectivity index is 1.80. The largest absolute Gasteiger partial charge is 0.381 e. The average molecular weight is 303 g/mol. The van der Waals surface area contributed by atoms with Crippen LogP contribution >= 0.6 is 0 Å². The number of rotatable bonds is 4. The second-order valence-corrected chi connectivity index (χ2v) is 4.64. The van der Waals surface area contributed by atoms with Gasteiger partial charge in [-0.1, -0.05) is 17.3 Å². The quantitative estimate of drug-likeness (QED) is 0.541. The molecule has 3 aromatic rings. The molecule has 0 aliphatic rings. The molecule has 0 amide bonds. The maximum Gasteiger partial charge on any atom is 0.381 e. The number of halogens is 1. The molecule has 0 aliphatic heterocycles. The van der Waals surface area contributed by atoms with Crippen molar-refractivity contribution in [2.45, 2.75) is 13.5 Å². The number of benzene rings is 1. The van der Waals surface area contributed by atoms with E-state index in [2.05, 4.69) is 15.1 Å². The lowest BCUT2D eigenvalue weighted by Gasteiger charge is -1.97. The topological polar surface area (TPSA) is 99.9 Å². The summed E-state index contributed by atoms with van der Waals surface area (Å²) in [5, 5.41) is 14.3. The minimum Gasteiger partial charge on any atom is -0.358 e. The minimum atomic E-state index is -0.592. The van der Waals surface area contributed by atoms with Gasteiger partial charge in [-0.3, -0.25) is 0 Å². The van der Waals surface area contributed by atoms with Gasteiger partial charge in [0.1, 0.15) is 18.6 Å². The van der Waals surface area contributed by atoms with Crippen molar-refractivity contribution in [3.8, 4) is 11.4 Å². The summed E-state index contributed by atoms with van der Waals surface area (Å²) in [6.07, 6.45) is 2.56. The maximum absolute atomic E-state index is 13.5. The summed E-state index contributed by atoms with van der Waals surface area (Å²) in [6.45, 7) is 1.80. The van der Waals surface area contributed by atoms with Crippen molar-refractivity contribution in [2.75, 3.05) is 0 Å². The lowest BCUT2D eigenvalue weighted by atomic mass is 10.1. The van der Waals surface area contributed by atoms with Crippen LogP contribution in [0.25, 0.3) is 11.4 Å². The molecule has 1 aromatic carbocycles. The first-order valence-corrected chi connectivity index (χ1v) is 6.28. The van der Waals surface area contributed by atoms with Crippen molar-refractivity contribution in [1.29, 1.82) is 0 Å². The Labute approximate surface area is 123 Å². The molecule has 22 heavy (non-hydrogen) atoms. The average Bonchev–Trinajstić information content (AvgIpc) is 3.12. The SMILES string of the molecule is Cc1ccc(-c2noc(Cn3cnc([N+](=O)[O-])c3)n2)cc1F. The molecule has 0 N–H and O–H groups in total. The molecule has 2 aromatic heterocycles. The molecule has 2 heterocycles. The fraction of sp³-hybridized carbons (Fsp3) is 0.154. The highest BCUT2D eigenvalue weighted by Gasteiger charge is 2.14. The zero-order valence-electron chi connectivity index (χ0n) is 11.4. The smallest absolute Gasteiger partial charge is 0.358 e. The first kappa shape index (κ1) is 13.9. The molecule has 112 valence electrons. The van der Waals surface area contributed by atoms with Crippen LogP contribution in [0.15, 0.2) is 35.2 Å². The molecule has 8 nitrogen and oxygen atoms in total. The fourth-order valence-electron chi connectivity index (χ4n) is 1.85. The van der Waals surface area contributed by atoms with E-state index in [0.717, 1.165) is 0 Å². The predicted molar refractivity (Wildman–Crippen MR) is 72.4 cm³/mol. The van der Waals surface area contributed by atoms with Gasteiger partial charge in [0.25, 0.3) is 0 Å². The third-order valence-electron chi connectivity index (χ3n) is 3.02. The van der Waals surface area contributed by atoms with Gasteiger partial charge in [-0.15, -0.1) is 0 Å². The first-order valence-electron chi connectivity index (χ1n) is 6.28. The van der Waals surface area contributed by atoms with E-state index in [1.165, 1.54) is 23.2 Å². The Morgan fingerprint density at radius 3 is 2.95 bits per heavy atom. The highest BCUT2D eigenvalue weighted by atomic mass is 19.1. The number of aryl methyl sites for hydroxylation is 1. The van der Waals surface area contributed by atoms with Crippen molar-refractivity contribution in [2.24, 2.45) is 0 Å². The normalized spacial score (nSPS) is 10.8. The number of hydrogen-bond donors (Lipinski definition) is 0. The summed E-state index contributed by atoms with van der Waals surface area (Å²) >= 11 is 0. The third kappa shape index (κ3) is 2.68. The second-order valence-electron chi connectivity index (χ2n) is 4.64. The van der Waals surface area contributed by atoms with Crippen LogP contribution in [-0.2, 0) is 6.54 Å². The van der Waals surface area contributed by atoms with Crippen LogP contribution < -0.4 is 0 Å². The molecule has 0 unspecified atom stereocenters. The molecule has 0 aliphatic carbocycles.